The summed E-state index contributed by atoms with van der Waals surface area (Å²) in [7, 11) is 0. The van der Waals surface area contributed by atoms with Gasteiger partial charge in [-0.25, -0.2) is 4.98 Å². The average Bonchev–Trinajstić information content (AvgIpc) is 2.93. The Hall–Kier alpha value is -2.13. The molecule has 3 heteroatoms. The molecule has 23 heavy (non-hydrogen) atoms. The van der Waals surface area contributed by atoms with Crippen molar-refractivity contribution in [2.75, 3.05) is 0 Å². The van der Waals surface area contributed by atoms with Gasteiger partial charge in [0.1, 0.15) is 5.65 Å². The monoisotopic (exact) mass is 306 g/mol. The fraction of sp³-hybridized carbons (Fsp3) is 0.350. The maximum atomic E-state index is 10.3. The maximum absolute atomic E-state index is 10.3. The number of nitrogens with zero attached hydrogens (tertiary/aromatic N) is 2. The summed E-state index contributed by atoms with van der Waals surface area (Å²) in [4.78, 5) is 4.80. The third kappa shape index (κ3) is 2.45. The van der Waals surface area contributed by atoms with Crippen LogP contribution in [0.5, 0.6) is 0 Å². The highest BCUT2D eigenvalue weighted by atomic mass is 16.3. The molecule has 1 N–H and O–H groups in total. The highest BCUT2D eigenvalue weighted by molar-refractivity contribution is 5.68. The molecule has 3 nitrogen and oxygen atoms in total. The van der Waals surface area contributed by atoms with Gasteiger partial charge in [0.2, 0.25) is 0 Å². The van der Waals surface area contributed by atoms with Gasteiger partial charge in [0.15, 0.2) is 0 Å². The molecule has 0 saturated heterocycles. The number of fused-ring (bicyclic) bond motifs is 2. The van der Waals surface area contributed by atoms with Crippen LogP contribution >= 0.6 is 0 Å². The van der Waals surface area contributed by atoms with Crippen molar-refractivity contribution < 1.29 is 5.11 Å². The number of aryl methyl sites for hydroxylation is 3. The Morgan fingerprint density at radius 1 is 1.09 bits per heavy atom. The molecular weight excluding hydrogens is 284 g/mol. The molecule has 1 aromatic carbocycles. The molecular formula is C20H22N2O. The Kier molecular flexibility index (Phi) is 3.46. The van der Waals surface area contributed by atoms with Crippen LogP contribution in [0.15, 0.2) is 36.5 Å². The average molecular weight is 306 g/mol. The van der Waals surface area contributed by atoms with Crippen molar-refractivity contribution in [1.29, 1.82) is 0 Å². The number of rotatable bonds is 2. The first-order valence-corrected chi connectivity index (χ1v) is 8.42. The molecule has 0 radical (unpaired) electrons. The van der Waals surface area contributed by atoms with E-state index in [0.717, 1.165) is 34.6 Å². The van der Waals surface area contributed by atoms with Crippen molar-refractivity contribution >= 4 is 5.65 Å². The highest BCUT2D eigenvalue weighted by Crippen LogP contribution is 2.32. The molecule has 1 atom stereocenters. The Morgan fingerprint density at radius 2 is 1.87 bits per heavy atom. The molecule has 1 aliphatic rings. The second-order valence-electron chi connectivity index (χ2n) is 6.65. The van der Waals surface area contributed by atoms with Crippen molar-refractivity contribution in [2.45, 2.75) is 45.6 Å². The first kappa shape index (κ1) is 14.5. The molecule has 3 aromatic rings. The number of aromatic nitrogens is 2. The number of aliphatic hydroxyl groups is 1. The summed E-state index contributed by atoms with van der Waals surface area (Å²) < 4.78 is 2.02. The summed E-state index contributed by atoms with van der Waals surface area (Å²) in [6.45, 7) is 3.87. The first-order chi connectivity index (χ1) is 11.1. The largest absolute Gasteiger partial charge is 0.387 e. The third-order valence-corrected chi connectivity index (χ3v) is 4.82. The SMILES string of the molecule is Cc1ccc2nc(-c3ccc4c(c3)CCCC4)c(C(C)O)n2c1. The fourth-order valence-electron chi connectivity index (χ4n) is 3.66. The first-order valence-electron chi connectivity index (χ1n) is 8.42. The summed E-state index contributed by atoms with van der Waals surface area (Å²) in [6, 6.07) is 10.7. The van der Waals surface area contributed by atoms with Crippen LogP contribution in [0, 0.1) is 6.92 Å². The Morgan fingerprint density at radius 3 is 2.65 bits per heavy atom. The molecule has 0 saturated carbocycles. The van der Waals surface area contributed by atoms with Crippen LogP contribution in [0.3, 0.4) is 0 Å². The zero-order chi connectivity index (χ0) is 16.0. The Labute approximate surface area is 136 Å². The quantitative estimate of drug-likeness (QED) is 0.769. The summed E-state index contributed by atoms with van der Waals surface area (Å²) >= 11 is 0. The van der Waals surface area contributed by atoms with E-state index in [4.69, 9.17) is 4.98 Å². The fourth-order valence-corrected chi connectivity index (χ4v) is 3.66. The lowest BCUT2D eigenvalue weighted by Crippen LogP contribution is -2.03. The molecule has 1 unspecified atom stereocenters. The minimum atomic E-state index is -0.558. The van der Waals surface area contributed by atoms with Gasteiger partial charge in [-0.15, -0.1) is 0 Å². The molecule has 0 fully saturated rings. The molecule has 0 aliphatic heterocycles. The van der Waals surface area contributed by atoms with Crippen molar-refractivity contribution in [2.24, 2.45) is 0 Å². The molecule has 0 bridgehead atoms. The predicted octanol–water partition coefficient (Wildman–Crippen LogP) is 4.24. The van der Waals surface area contributed by atoms with Crippen LogP contribution in [0.1, 0.15) is 48.3 Å². The van der Waals surface area contributed by atoms with Crippen LogP contribution in [0.2, 0.25) is 0 Å². The van der Waals surface area contributed by atoms with Gasteiger partial charge in [-0.2, -0.15) is 0 Å². The minimum Gasteiger partial charge on any atom is -0.387 e. The van der Waals surface area contributed by atoms with Gasteiger partial charge in [0.05, 0.1) is 17.5 Å². The smallest absolute Gasteiger partial charge is 0.137 e. The molecule has 118 valence electrons. The number of hydrogen-bond donors (Lipinski definition) is 1. The van der Waals surface area contributed by atoms with Crippen molar-refractivity contribution in [3.8, 4) is 11.3 Å². The zero-order valence-electron chi connectivity index (χ0n) is 13.7. The summed E-state index contributed by atoms with van der Waals surface area (Å²) in [5, 5.41) is 10.3. The normalized spacial score (nSPS) is 15.6. The number of imidazole rings is 1. The van der Waals surface area contributed by atoms with E-state index in [1.54, 1.807) is 0 Å². The number of benzene rings is 1. The van der Waals surface area contributed by atoms with E-state index in [-0.39, 0.29) is 0 Å². The number of pyridine rings is 1. The minimum absolute atomic E-state index is 0.558. The summed E-state index contributed by atoms with van der Waals surface area (Å²) in [5.41, 5.74) is 7.85. The van der Waals surface area contributed by atoms with Gasteiger partial charge in [-0.3, -0.25) is 0 Å². The van der Waals surface area contributed by atoms with E-state index in [2.05, 4.69) is 31.2 Å². The predicted molar refractivity (Wildman–Crippen MR) is 92.6 cm³/mol. The van der Waals surface area contributed by atoms with Gasteiger partial charge < -0.3 is 9.51 Å². The number of hydrogen-bond acceptors (Lipinski definition) is 2. The molecule has 2 aromatic heterocycles. The molecule has 2 heterocycles. The molecule has 4 rings (SSSR count). The third-order valence-electron chi connectivity index (χ3n) is 4.82. The van der Waals surface area contributed by atoms with Gasteiger partial charge in [0.25, 0.3) is 0 Å². The summed E-state index contributed by atoms with van der Waals surface area (Å²) in [5.74, 6) is 0. The van der Waals surface area contributed by atoms with Crippen LogP contribution < -0.4 is 0 Å². The Balaban J connectivity index is 1.93. The molecule has 0 amide bonds. The van der Waals surface area contributed by atoms with E-state index in [1.165, 1.54) is 30.4 Å². The van der Waals surface area contributed by atoms with Crippen LogP contribution in [0.25, 0.3) is 16.9 Å². The lowest BCUT2D eigenvalue weighted by atomic mass is 9.89. The van der Waals surface area contributed by atoms with E-state index in [1.807, 2.05) is 23.6 Å². The Bertz CT molecular complexity index is 877. The van der Waals surface area contributed by atoms with Crippen molar-refractivity contribution in [1.82, 2.24) is 9.38 Å². The van der Waals surface area contributed by atoms with Crippen LogP contribution in [-0.2, 0) is 12.8 Å². The van der Waals surface area contributed by atoms with Crippen molar-refractivity contribution in [3.63, 3.8) is 0 Å². The van der Waals surface area contributed by atoms with E-state index >= 15 is 0 Å². The van der Waals surface area contributed by atoms with E-state index < -0.39 is 6.10 Å². The van der Waals surface area contributed by atoms with Crippen molar-refractivity contribution in [3.05, 3.63) is 58.9 Å². The van der Waals surface area contributed by atoms with Gasteiger partial charge in [-0.1, -0.05) is 18.2 Å². The molecule has 0 spiro atoms. The van der Waals surface area contributed by atoms with Crippen LogP contribution in [-0.4, -0.2) is 14.5 Å². The van der Waals surface area contributed by atoms with E-state index in [0.29, 0.717) is 0 Å². The number of aliphatic hydroxyl groups excluding tert-OH is 1. The highest BCUT2D eigenvalue weighted by Gasteiger charge is 2.19. The maximum Gasteiger partial charge on any atom is 0.137 e. The zero-order valence-corrected chi connectivity index (χ0v) is 13.7. The standard InChI is InChI=1S/C20H22N2O/c1-13-7-10-18-21-19(20(14(2)23)22(18)12-13)17-9-8-15-5-3-4-6-16(15)11-17/h7-12,14,23H,3-6H2,1-2H3. The van der Waals surface area contributed by atoms with E-state index in [9.17, 15) is 5.11 Å². The lowest BCUT2D eigenvalue weighted by molar-refractivity contribution is 0.194. The second kappa shape index (κ2) is 5.50. The van der Waals surface area contributed by atoms with Gasteiger partial charge in [-0.05, 0) is 68.4 Å². The van der Waals surface area contributed by atoms with Crippen LogP contribution in [0.4, 0.5) is 0 Å². The topological polar surface area (TPSA) is 37.5 Å². The second-order valence-corrected chi connectivity index (χ2v) is 6.65. The molecule has 1 aliphatic carbocycles. The van der Waals surface area contributed by atoms with Gasteiger partial charge in [0, 0.05) is 11.8 Å². The lowest BCUT2D eigenvalue weighted by Gasteiger charge is -2.16. The van der Waals surface area contributed by atoms with Gasteiger partial charge >= 0.3 is 0 Å². The summed E-state index contributed by atoms with van der Waals surface area (Å²) in [6.07, 6.45) is 6.39.